The van der Waals surface area contributed by atoms with Gasteiger partial charge in [-0.3, -0.25) is 14.6 Å². The van der Waals surface area contributed by atoms with E-state index in [4.69, 9.17) is 9.47 Å². The Bertz CT molecular complexity index is 1580. The van der Waals surface area contributed by atoms with Gasteiger partial charge < -0.3 is 19.1 Å². The van der Waals surface area contributed by atoms with Crippen molar-refractivity contribution in [3.63, 3.8) is 0 Å². The predicted octanol–water partition coefficient (Wildman–Crippen LogP) is 5.13. The molecule has 0 amide bonds. The molecule has 0 aliphatic carbocycles. The summed E-state index contributed by atoms with van der Waals surface area (Å²) >= 11 is 0. The maximum Gasteiger partial charge on any atom is 0.232 e. The van der Waals surface area contributed by atoms with Crippen molar-refractivity contribution in [1.29, 1.82) is 0 Å². The number of ether oxygens (including phenoxy) is 2. The number of aryl methyl sites for hydroxylation is 2. The molecule has 1 fully saturated rings. The van der Waals surface area contributed by atoms with Gasteiger partial charge in [0.1, 0.15) is 17.2 Å². The number of nitrogens with zero attached hydrogens (tertiary/aromatic N) is 3. The standard InChI is InChI=1S/C32H33N3O4/c1-21-15-28(36)26(20-35-13-11-34(12-14-35)18-22-7-5-4-6-8-22)32-30(21)31(37)29(39-32)16-23-19-33(2)27-10-9-24(38-3)17-25(23)27/h4-10,15-17,19,36H,11-14,18,20H2,1-3H3/b29-16-. The highest BCUT2D eigenvalue weighted by atomic mass is 16.5. The van der Waals surface area contributed by atoms with E-state index in [1.54, 1.807) is 19.3 Å². The lowest BCUT2D eigenvalue weighted by molar-refractivity contribution is 0.101. The molecule has 2 aliphatic rings. The Kier molecular flexibility index (Phi) is 6.62. The van der Waals surface area contributed by atoms with Gasteiger partial charge in [-0.05, 0) is 48.4 Å². The van der Waals surface area contributed by atoms with Crippen molar-refractivity contribution >= 4 is 22.8 Å². The summed E-state index contributed by atoms with van der Waals surface area (Å²) in [6.45, 7) is 6.95. The number of carbonyl (C=O) groups excluding carboxylic acids is 1. The van der Waals surface area contributed by atoms with E-state index in [2.05, 4.69) is 34.1 Å². The van der Waals surface area contributed by atoms with E-state index in [-0.39, 0.29) is 17.3 Å². The number of benzene rings is 3. The fourth-order valence-electron chi connectivity index (χ4n) is 5.69. The molecule has 3 heterocycles. The van der Waals surface area contributed by atoms with Crippen LogP contribution in [0.3, 0.4) is 0 Å². The SMILES string of the molecule is COc1ccc2c(c1)c(/C=C1\Oc3c(CN4CCN(Cc5ccccc5)CC4)c(O)cc(C)c3C1=O)cn2C. The summed E-state index contributed by atoms with van der Waals surface area (Å²) in [6, 6.07) is 18.1. The summed E-state index contributed by atoms with van der Waals surface area (Å²) in [4.78, 5) is 18.3. The number of hydrogen-bond acceptors (Lipinski definition) is 6. The number of allylic oxidation sites excluding steroid dienone is 1. The van der Waals surface area contributed by atoms with Gasteiger partial charge in [0, 0.05) is 69.0 Å². The van der Waals surface area contributed by atoms with Gasteiger partial charge in [0.15, 0.2) is 5.76 Å². The predicted molar refractivity (Wildman–Crippen MR) is 152 cm³/mol. The molecule has 200 valence electrons. The monoisotopic (exact) mass is 523 g/mol. The molecule has 1 saturated heterocycles. The summed E-state index contributed by atoms with van der Waals surface area (Å²) in [5.41, 5.74) is 5.15. The second-order valence-electron chi connectivity index (χ2n) is 10.5. The van der Waals surface area contributed by atoms with Crippen molar-refractivity contribution in [2.45, 2.75) is 20.0 Å². The van der Waals surface area contributed by atoms with Crippen molar-refractivity contribution in [2.24, 2.45) is 7.05 Å². The lowest BCUT2D eigenvalue weighted by atomic mass is 9.99. The van der Waals surface area contributed by atoms with E-state index in [9.17, 15) is 9.90 Å². The van der Waals surface area contributed by atoms with E-state index in [1.165, 1.54) is 5.56 Å². The van der Waals surface area contributed by atoms with Crippen LogP contribution in [0, 0.1) is 6.92 Å². The molecular formula is C32H33N3O4. The number of hydrogen-bond donors (Lipinski definition) is 1. The van der Waals surface area contributed by atoms with Crippen molar-refractivity contribution in [2.75, 3.05) is 33.3 Å². The smallest absolute Gasteiger partial charge is 0.232 e. The van der Waals surface area contributed by atoms with Crippen LogP contribution in [0.5, 0.6) is 17.2 Å². The number of phenolic OH excluding ortho intramolecular Hbond substituents is 1. The van der Waals surface area contributed by atoms with Gasteiger partial charge in [-0.25, -0.2) is 0 Å². The Morgan fingerprint density at radius 2 is 1.72 bits per heavy atom. The summed E-state index contributed by atoms with van der Waals surface area (Å²) in [5, 5.41) is 11.9. The first-order chi connectivity index (χ1) is 18.9. The van der Waals surface area contributed by atoms with E-state index < -0.39 is 0 Å². The number of Topliss-reactive ketones (excluding diaryl/α,β-unsaturated/α-hetero) is 1. The normalized spacial score (nSPS) is 17.1. The third-order valence-electron chi connectivity index (χ3n) is 7.83. The molecule has 0 spiro atoms. The maximum absolute atomic E-state index is 13.5. The van der Waals surface area contributed by atoms with Gasteiger partial charge in [0.05, 0.1) is 18.2 Å². The Balaban J connectivity index is 1.24. The van der Waals surface area contributed by atoms with Crippen LogP contribution in [-0.2, 0) is 20.1 Å². The zero-order valence-corrected chi connectivity index (χ0v) is 22.6. The van der Waals surface area contributed by atoms with Crippen LogP contribution in [-0.4, -0.2) is 58.5 Å². The Labute approximate surface area is 228 Å². The molecule has 4 aromatic rings. The Morgan fingerprint density at radius 1 is 1.00 bits per heavy atom. The van der Waals surface area contributed by atoms with Gasteiger partial charge >= 0.3 is 0 Å². The molecule has 0 unspecified atom stereocenters. The van der Waals surface area contributed by atoms with Gasteiger partial charge in [-0.2, -0.15) is 0 Å². The number of ketones is 1. The highest BCUT2D eigenvalue weighted by Crippen LogP contribution is 2.43. The lowest BCUT2D eigenvalue weighted by Crippen LogP contribution is -2.45. The third kappa shape index (κ3) is 4.80. The van der Waals surface area contributed by atoms with Crippen LogP contribution in [0.25, 0.3) is 17.0 Å². The van der Waals surface area contributed by atoms with Crippen LogP contribution in [0.15, 0.2) is 66.6 Å². The number of piperazine rings is 1. The molecule has 1 N–H and O–H groups in total. The molecule has 7 nitrogen and oxygen atoms in total. The third-order valence-corrected chi connectivity index (χ3v) is 7.83. The topological polar surface area (TPSA) is 67.2 Å². The summed E-state index contributed by atoms with van der Waals surface area (Å²) in [5.74, 6) is 1.51. The van der Waals surface area contributed by atoms with Crippen molar-refractivity contribution in [3.8, 4) is 17.2 Å². The van der Waals surface area contributed by atoms with Crippen molar-refractivity contribution < 1.29 is 19.4 Å². The molecule has 3 aromatic carbocycles. The summed E-state index contributed by atoms with van der Waals surface area (Å²) in [7, 11) is 3.62. The van der Waals surface area contributed by atoms with E-state index in [0.717, 1.165) is 54.9 Å². The first-order valence-corrected chi connectivity index (χ1v) is 13.3. The van der Waals surface area contributed by atoms with Crippen LogP contribution in [0.1, 0.15) is 32.6 Å². The lowest BCUT2D eigenvalue weighted by Gasteiger charge is -2.35. The van der Waals surface area contributed by atoms with Crippen LogP contribution >= 0.6 is 0 Å². The molecule has 1 aromatic heterocycles. The Hall–Kier alpha value is -4.07. The van der Waals surface area contributed by atoms with Crippen LogP contribution < -0.4 is 9.47 Å². The molecule has 2 aliphatic heterocycles. The van der Waals surface area contributed by atoms with E-state index in [0.29, 0.717) is 29.0 Å². The second-order valence-corrected chi connectivity index (χ2v) is 10.5. The largest absolute Gasteiger partial charge is 0.507 e. The highest BCUT2D eigenvalue weighted by molar-refractivity contribution is 6.16. The van der Waals surface area contributed by atoms with E-state index in [1.807, 2.05) is 49.0 Å². The molecule has 0 saturated carbocycles. The van der Waals surface area contributed by atoms with Gasteiger partial charge in [0.2, 0.25) is 5.78 Å². The number of fused-ring (bicyclic) bond motifs is 2. The quantitative estimate of drug-likeness (QED) is 0.353. The minimum atomic E-state index is -0.156. The van der Waals surface area contributed by atoms with Gasteiger partial charge in [0.25, 0.3) is 0 Å². The number of carbonyl (C=O) groups is 1. The highest BCUT2D eigenvalue weighted by Gasteiger charge is 2.34. The zero-order valence-electron chi connectivity index (χ0n) is 22.6. The first-order valence-electron chi connectivity index (χ1n) is 13.3. The van der Waals surface area contributed by atoms with Gasteiger partial charge in [-0.15, -0.1) is 0 Å². The van der Waals surface area contributed by atoms with E-state index >= 15 is 0 Å². The minimum absolute atomic E-state index is 0.156. The molecular weight excluding hydrogens is 490 g/mol. The molecule has 7 heteroatoms. The Morgan fingerprint density at radius 3 is 2.44 bits per heavy atom. The summed E-state index contributed by atoms with van der Waals surface area (Å²) in [6.07, 6.45) is 3.78. The number of methoxy groups -OCH3 is 1. The molecule has 0 bridgehead atoms. The number of phenols is 1. The fourth-order valence-corrected chi connectivity index (χ4v) is 5.69. The summed E-state index contributed by atoms with van der Waals surface area (Å²) < 4.78 is 13.7. The first kappa shape index (κ1) is 25.2. The molecule has 39 heavy (non-hydrogen) atoms. The van der Waals surface area contributed by atoms with Crippen LogP contribution in [0.2, 0.25) is 0 Å². The zero-order chi connectivity index (χ0) is 27.1. The second kappa shape index (κ2) is 10.2. The fraction of sp³-hybridized carbons (Fsp3) is 0.281. The number of aromatic hydroxyl groups is 1. The molecule has 0 atom stereocenters. The van der Waals surface area contributed by atoms with Gasteiger partial charge in [-0.1, -0.05) is 30.3 Å². The van der Waals surface area contributed by atoms with Crippen molar-refractivity contribution in [3.05, 3.63) is 94.4 Å². The maximum atomic E-state index is 13.5. The van der Waals surface area contributed by atoms with Crippen molar-refractivity contribution in [1.82, 2.24) is 14.4 Å². The minimum Gasteiger partial charge on any atom is -0.507 e. The van der Waals surface area contributed by atoms with Crippen LogP contribution in [0.4, 0.5) is 0 Å². The average Bonchev–Trinajstić information content (AvgIpc) is 3.44. The average molecular weight is 524 g/mol. The molecule has 0 radical (unpaired) electrons. The number of rotatable bonds is 6. The number of aromatic nitrogens is 1. The molecule has 6 rings (SSSR count).